The second-order valence-electron chi connectivity index (χ2n) is 12.9. The van der Waals surface area contributed by atoms with E-state index in [4.69, 9.17) is 9.47 Å². The van der Waals surface area contributed by atoms with Gasteiger partial charge < -0.3 is 20.1 Å². The number of sulfone groups is 1. The molecular formula is C32H34F4N4O7S2. The topological polar surface area (TPSA) is 154 Å². The summed E-state index contributed by atoms with van der Waals surface area (Å²) < 4.78 is 89.0. The van der Waals surface area contributed by atoms with Crippen LogP contribution in [0, 0.1) is 23.6 Å². The molecule has 1 heterocycles. The fourth-order valence-electron chi connectivity index (χ4n) is 6.34. The van der Waals surface area contributed by atoms with E-state index in [1.54, 1.807) is 20.8 Å². The highest BCUT2D eigenvalue weighted by atomic mass is 32.2. The Balaban J connectivity index is 1.33. The maximum Gasteiger partial charge on any atom is 0.501 e. The van der Waals surface area contributed by atoms with Crippen molar-refractivity contribution < 1.29 is 49.8 Å². The molecule has 17 heteroatoms. The number of nitrogens with one attached hydrogen (secondary N) is 2. The number of esters is 1. The minimum Gasteiger partial charge on any atom is -0.496 e. The van der Waals surface area contributed by atoms with Gasteiger partial charge in [0.1, 0.15) is 22.2 Å². The number of methoxy groups -OCH3 is 1. The second-order valence-corrected chi connectivity index (χ2v) is 15.9. The van der Waals surface area contributed by atoms with Gasteiger partial charge in [-0.3, -0.25) is 14.4 Å². The third-order valence-corrected chi connectivity index (χ3v) is 10.9. The molecule has 49 heavy (non-hydrogen) atoms. The predicted octanol–water partition coefficient (Wildman–Crippen LogP) is 5.70. The maximum absolute atomic E-state index is 15.2. The SMILES string of the molecule is COc1cc(F)c(-c2nnc(CCC(=O)OC(C)(C)C)s2)cc1C(=O)N[C@@H]1[C@H]2CC[C@H](C2)[C@@H]1C(=O)Nc1cccc(S(=O)(=O)C(F)(F)F)c1. The number of carbonyl (C=O) groups excluding carboxylic acids is 3. The number of benzene rings is 2. The van der Waals surface area contributed by atoms with Gasteiger partial charge >= 0.3 is 11.5 Å². The van der Waals surface area contributed by atoms with Crippen LogP contribution in [-0.2, 0) is 30.6 Å². The molecule has 2 aromatic carbocycles. The van der Waals surface area contributed by atoms with Crippen LogP contribution >= 0.6 is 11.3 Å². The summed E-state index contributed by atoms with van der Waals surface area (Å²) in [6.45, 7) is 5.25. The van der Waals surface area contributed by atoms with Crippen molar-refractivity contribution in [2.24, 2.45) is 17.8 Å². The van der Waals surface area contributed by atoms with Gasteiger partial charge in [-0.2, -0.15) is 13.2 Å². The molecule has 5 rings (SSSR count). The van der Waals surface area contributed by atoms with Gasteiger partial charge in [0.05, 0.1) is 29.9 Å². The fourth-order valence-corrected chi connectivity index (χ4v) is 8.00. The molecule has 0 unspecified atom stereocenters. The molecule has 1 aromatic heterocycles. The Bertz CT molecular complexity index is 1880. The van der Waals surface area contributed by atoms with Crippen molar-refractivity contribution >= 4 is 44.6 Å². The van der Waals surface area contributed by atoms with E-state index in [2.05, 4.69) is 20.8 Å². The van der Waals surface area contributed by atoms with E-state index in [0.717, 1.165) is 42.0 Å². The quantitative estimate of drug-likeness (QED) is 0.198. The van der Waals surface area contributed by atoms with E-state index in [1.807, 2.05) is 0 Å². The van der Waals surface area contributed by atoms with Gasteiger partial charge in [0, 0.05) is 29.8 Å². The third-order valence-electron chi connectivity index (χ3n) is 8.43. The van der Waals surface area contributed by atoms with Gasteiger partial charge in [0.15, 0.2) is 5.01 Å². The molecule has 2 bridgehead atoms. The zero-order valence-electron chi connectivity index (χ0n) is 26.9. The largest absolute Gasteiger partial charge is 0.501 e. The summed E-state index contributed by atoms with van der Waals surface area (Å²) in [6, 6.07) is 5.53. The summed E-state index contributed by atoms with van der Waals surface area (Å²) in [4.78, 5) is 38.3. The summed E-state index contributed by atoms with van der Waals surface area (Å²) in [5, 5.41) is 14.2. The van der Waals surface area contributed by atoms with E-state index in [9.17, 15) is 36.0 Å². The first-order chi connectivity index (χ1) is 22.9. The van der Waals surface area contributed by atoms with Gasteiger partial charge in [-0.15, -0.1) is 10.2 Å². The first-order valence-electron chi connectivity index (χ1n) is 15.3. The molecule has 2 aliphatic carbocycles. The highest BCUT2D eigenvalue weighted by Crippen LogP contribution is 2.49. The van der Waals surface area contributed by atoms with Crippen molar-refractivity contribution in [3.8, 4) is 16.3 Å². The smallest absolute Gasteiger partial charge is 0.496 e. The van der Waals surface area contributed by atoms with Gasteiger partial charge in [0.25, 0.3) is 15.7 Å². The molecule has 2 fully saturated rings. The van der Waals surface area contributed by atoms with Crippen molar-refractivity contribution in [3.05, 3.63) is 52.8 Å². The molecule has 0 radical (unpaired) electrons. The van der Waals surface area contributed by atoms with Crippen molar-refractivity contribution in [1.29, 1.82) is 0 Å². The second kappa shape index (κ2) is 13.7. The highest BCUT2D eigenvalue weighted by Gasteiger charge is 2.52. The molecule has 0 aliphatic heterocycles. The Labute approximate surface area is 283 Å². The number of anilines is 1. The van der Waals surface area contributed by atoms with E-state index in [-0.39, 0.29) is 52.2 Å². The van der Waals surface area contributed by atoms with Crippen LogP contribution in [0.1, 0.15) is 61.8 Å². The lowest BCUT2D eigenvalue weighted by atomic mass is 9.83. The molecule has 4 atom stereocenters. The lowest BCUT2D eigenvalue weighted by molar-refractivity contribution is -0.154. The van der Waals surface area contributed by atoms with Gasteiger partial charge in [-0.05, 0) is 76.1 Å². The van der Waals surface area contributed by atoms with Crippen LogP contribution in [0.15, 0.2) is 41.3 Å². The van der Waals surface area contributed by atoms with Crippen LogP contribution in [0.25, 0.3) is 10.6 Å². The summed E-state index contributed by atoms with van der Waals surface area (Å²) in [6.07, 6.45) is 2.29. The normalized spacial score (nSPS) is 20.6. The number of rotatable bonds is 10. The minimum atomic E-state index is -5.64. The fraction of sp³-hybridized carbons (Fsp3) is 0.469. The van der Waals surface area contributed by atoms with Crippen molar-refractivity contribution in [2.45, 2.75) is 74.9 Å². The number of alkyl halides is 3. The van der Waals surface area contributed by atoms with Gasteiger partial charge in [-0.25, -0.2) is 12.8 Å². The molecule has 3 aromatic rings. The van der Waals surface area contributed by atoms with Crippen molar-refractivity contribution in [3.63, 3.8) is 0 Å². The number of fused-ring (bicyclic) bond motifs is 2. The van der Waals surface area contributed by atoms with Crippen LogP contribution in [-0.4, -0.2) is 60.7 Å². The zero-order valence-corrected chi connectivity index (χ0v) is 28.5. The van der Waals surface area contributed by atoms with E-state index >= 15 is 4.39 Å². The average Bonchev–Trinajstić information content (AvgIpc) is 3.76. The summed E-state index contributed by atoms with van der Waals surface area (Å²) >= 11 is 1.05. The number of halogens is 4. The number of aryl methyl sites for hydroxylation is 1. The molecular weight excluding hydrogens is 692 g/mol. The lowest BCUT2D eigenvalue weighted by Gasteiger charge is -2.31. The Morgan fingerprint density at radius 3 is 2.43 bits per heavy atom. The van der Waals surface area contributed by atoms with E-state index < -0.39 is 61.4 Å². The van der Waals surface area contributed by atoms with E-state index in [1.165, 1.54) is 19.2 Å². The molecule has 2 amide bonds. The Hall–Kier alpha value is -4.12. The van der Waals surface area contributed by atoms with E-state index in [0.29, 0.717) is 17.8 Å². The van der Waals surface area contributed by atoms with Crippen molar-refractivity contribution in [1.82, 2.24) is 15.5 Å². The summed E-state index contributed by atoms with van der Waals surface area (Å²) in [5.74, 6) is -3.44. The Kier molecular flexibility index (Phi) is 10.1. The van der Waals surface area contributed by atoms with Gasteiger partial charge in [0.2, 0.25) is 5.91 Å². The molecule has 2 aliphatic rings. The Morgan fingerprint density at radius 2 is 1.76 bits per heavy atom. The van der Waals surface area contributed by atoms with Crippen LogP contribution in [0.3, 0.4) is 0 Å². The number of carbonyl (C=O) groups is 3. The zero-order chi connectivity index (χ0) is 35.9. The molecule has 0 saturated heterocycles. The predicted molar refractivity (Wildman–Crippen MR) is 170 cm³/mol. The molecule has 0 spiro atoms. The molecule has 2 N–H and O–H groups in total. The van der Waals surface area contributed by atoms with Crippen LogP contribution in [0.4, 0.5) is 23.2 Å². The number of hydrogen-bond donors (Lipinski definition) is 2. The van der Waals surface area contributed by atoms with Crippen LogP contribution in [0.5, 0.6) is 5.75 Å². The monoisotopic (exact) mass is 726 g/mol. The van der Waals surface area contributed by atoms with Crippen LogP contribution in [0.2, 0.25) is 0 Å². The number of nitrogens with zero attached hydrogens (tertiary/aromatic N) is 2. The number of ether oxygens (including phenoxy) is 2. The third kappa shape index (κ3) is 7.87. The standard InChI is InChI=1S/C32H34F4N4O7S2/c1-31(2,3)47-25(41)11-10-24-39-40-30(48-24)20-14-21(23(46-4)15-22(20)33)28(42)38-27-17-9-8-16(12-17)26(27)29(43)37-18-6-5-7-19(13-18)49(44,45)32(34,35)36/h5-7,13-17,26-27H,8-12H2,1-4H3,(H,37,43)(H,38,42)/t16-,17+,26+,27-/m1/s1. The number of amides is 2. The lowest BCUT2D eigenvalue weighted by Crippen LogP contribution is -2.48. The first kappa shape index (κ1) is 36.2. The maximum atomic E-state index is 15.2. The first-order valence-corrected chi connectivity index (χ1v) is 17.6. The summed E-state index contributed by atoms with van der Waals surface area (Å²) in [7, 11) is -4.37. The average molecular weight is 727 g/mol. The molecule has 2 saturated carbocycles. The number of hydrogen-bond acceptors (Lipinski definition) is 10. The van der Waals surface area contributed by atoms with Gasteiger partial charge in [-0.1, -0.05) is 17.4 Å². The van der Waals surface area contributed by atoms with Crippen LogP contribution < -0.4 is 15.4 Å². The molecule has 11 nitrogen and oxygen atoms in total. The molecule has 264 valence electrons. The Morgan fingerprint density at radius 1 is 1.04 bits per heavy atom. The highest BCUT2D eigenvalue weighted by molar-refractivity contribution is 7.92. The minimum absolute atomic E-state index is 0.0251. The number of aromatic nitrogens is 2. The van der Waals surface area contributed by atoms with Crippen molar-refractivity contribution in [2.75, 3.05) is 12.4 Å². The summed E-state index contributed by atoms with van der Waals surface area (Å²) in [5.41, 5.74) is -6.36.